The maximum Gasteiger partial charge on any atom is 0.417 e. The Morgan fingerprint density at radius 2 is 2.09 bits per heavy atom. The molecule has 0 radical (unpaired) electrons. The number of H-pyrrole nitrogens is 1. The predicted molar refractivity (Wildman–Crippen MR) is 87.0 cm³/mol. The molecule has 112 valence electrons. The number of amides is 1. The molecule has 0 spiro atoms. The monoisotopic (exact) mass is 360 g/mol. The Morgan fingerprint density at radius 3 is 2.91 bits per heavy atom. The summed E-state index contributed by atoms with van der Waals surface area (Å²) in [7, 11) is 0. The van der Waals surface area contributed by atoms with Crippen LogP contribution in [0.1, 0.15) is 15.9 Å². The highest BCUT2D eigenvalue weighted by Crippen LogP contribution is 2.13. The smallest absolute Gasteiger partial charge is 0.408 e. The Kier molecular flexibility index (Phi) is 4.11. The largest absolute Gasteiger partial charge is 0.417 e. The third kappa shape index (κ3) is 3.28. The lowest BCUT2D eigenvalue weighted by Crippen LogP contribution is -2.25. The summed E-state index contributed by atoms with van der Waals surface area (Å²) < 4.78 is 5.82. The minimum Gasteiger partial charge on any atom is -0.408 e. The van der Waals surface area contributed by atoms with E-state index in [4.69, 9.17) is 4.42 Å². The van der Waals surface area contributed by atoms with Crippen LogP contribution in [0.2, 0.25) is 0 Å². The van der Waals surface area contributed by atoms with Gasteiger partial charge in [-0.2, -0.15) is 0 Å². The molecule has 0 fully saturated rings. The van der Waals surface area contributed by atoms with Crippen molar-refractivity contribution in [3.8, 4) is 0 Å². The van der Waals surface area contributed by atoms with Crippen LogP contribution in [-0.2, 0) is 6.42 Å². The third-order valence-corrected chi connectivity index (χ3v) is 3.76. The fourth-order valence-corrected chi connectivity index (χ4v) is 2.61. The van der Waals surface area contributed by atoms with Crippen LogP contribution in [0.4, 0.5) is 0 Å². The van der Waals surface area contributed by atoms with Crippen LogP contribution in [0.15, 0.2) is 56.1 Å². The van der Waals surface area contributed by atoms with Gasteiger partial charge in [-0.05, 0) is 42.3 Å². The van der Waals surface area contributed by atoms with Gasteiger partial charge in [0.2, 0.25) is 0 Å². The summed E-state index contributed by atoms with van der Waals surface area (Å²) in [5, 5.41) is 2.87. The first-order valence-electron chi connectivity index (χ1n) is 6.77. The summed E-state index contributed by atoms with van der Waals surface area (Å²) in [6, 6.07) is 12.7. The van der Waals surface area contributed by atoms with Crippen molar-refractivity contribution in [2.24, 2.45) is 0 Å². The van der Waals surface area contributed by atoms with E-state index in [1.54, 1.807) is 18.2 Å². The average Bonchev–Trinajstić information content (AvgIpc) is 2.86. The number of nitrogens with one attached hydrogen (secondary N) is 2. The van der Waals surface area contributed by atoms with Crippen LogP contribution in [0.5, 0.6) is 0 Å². The zero-order chi connectivity index (χ0) is 15.5. The SMILES string of the molecule is O=C(NCCc1ccc2oc(=O)[nH]c2c1)c1cccc(Br)c1. The molecule has 0 bridgehead atoms. The number of benzene rings is 2. The molecule has 0 atom stereocenters. The molecule has 0 saturated heterocycles. The highest BCUT2D eigenvalue weighted by molar-refractivity contribution is 9.10. The second-order valence-electron chi connectivity index (χ2n) is 4.86. The molecule has 2 N–H and O–H groups in total. The molecule has 0 saturated carbocycles. The molecule has 3 aromatic rings. The summed E-state index contributed by atoms with van der Waals surface area (Å²) in [5.41, 5.74) is 2.83. The zero-order valence-electron chi connectivity index (χ0n) is 11.6. The highest BCUT2D eigenvalue weighted by Gasteiger charge is 2.06. The molecule has 0 aliphatic heterocycles. The maximum absolute atomic E-state index is 12.0. The Morgan fingerprint density at radius 1 is 1.23 bits per heavy atom. The lowest BCUT2D eigenvalue weighted by Gasteiger charge is -2.06. The molecule has 1 amide bonds. The number of aromatic nitrogens is 1. The van der Waals surface area contributed by atoms with Gasteiger partial charge in [0.15, 0.2) is 5.58 Å². The number of hydrogen-bond acceptors (Lipinski definition) is 3. The van der Waals surface area contributed by atoms with Gasteiger partial charge in [0, 0.05) is 16.6 Å². The highest BCUT2D eigenvalue weighted by atomic mass is 79.9. The molecule has 3 rings (SSSR count). The Balaban J connectivity index is 1.62. The lowest BCUT2D eigenvalue weighted by molar-refractivity contribution is 0.0954. The fraction of sp³-hybridized carbons (Fsp3) is 0.125. The number of halogens is 1. The van der Waals surface area contributed by atoms with Gasteiger partial charge in [0.05, 0.1) is 5.52 Å². The summed E-state index contributed by atoms with van der Waals surface area (Å²) in [4.78, 5) is 25.7. The van der Waals surface area contributed by atoms with Crippen molar-refractivity contribution in [1.29, 1.82) is 0 Å². The number of carbonyl (C=O) groups is 1. The summed E-state index contributed by atoms with van der Waals surface area (Å²) >= 11 is 3.34. The summed E-state index contributed by atoms with van der Waals surface area (Å²) in [6.45, 7) is 0.513. The molecule has 0 aliphatic carbocycles. The Bertz CT molecular complexity index is 882. The lowest BCUT2D eigenvalue weighted by atomic mass is 10.1. The van der Waals surface area contributed by atoms with Gasteiger partial charge in [-0.25, -0.2) is 4.79 Å². The van der Waals surface area contributed by atoms with E-state index in [0.29, 0.717) is 29.6 Å². The number of carbonyl (C=O) groups excluding carboxylic acids is 1. The van der Waals surface area contributed by atoms with Crippen LogP contribution >= 0.6 is 15.9 Å². The molecule has 6 heteroatoms. The maximum atomic E-state index is 12.0. The summed E-state index contributed by atoms with van der Waals surface area (Å²) in [5.74, 6) is -0.575. The standard InChI is InChI=1S/C16H13BrN2O3/c17-12-3-1-2-11(9-12)15(20)18-7-6-10-4-5-14-13(8-10)19-16(21)22-14/h1-5,8-9H,6-7H2,(H,18,20)(H,19,21). The molecule has 0 aliphatic rings. The van der Waals surface area contributed by atoms with E-state index in [1.165, 1.54) is 0 Å². The molecular weight excluding hydrogens is 348 g/mol. The third-order valence-electron chi connectivity index (χ3n) is 3.27. The number of oxazole rings is 1. The van der Waals surface area contributed by atoms with E-state index in [0.717, 1.165) is 10.0 Å². The van der Waals surface area contributed by atoms with Gasteiger partial charge in [-0.3, -0.25) is 9.78 Å². The van der Waals surface area contributed by atoms with Crippen molar-refractivity contribution in [3.63, 3.8) is 0 Å². The van der Waals surface area contributed by atoms with Crippen molar-refractivity contribution in [3.05, 3.63) is 68.6 Å². The number of rotatable bonds is 4. The molecule has 2 aromatic carbocycles. The van der Waals surface area contributed by atoms with Gasteiger partial charge < -0.3 is 9.73 Å². The Hall–Kier alpha value is -2.34. The normalized spacial score (nSPS) is 10.8. The van der Waals surface area contributed by atoms with E-state index in [2.05, 4.69) is 26.2 Å². The predicted octanol–water partition coefficient (Wildman–Crippen LogP) is 2.86. The Labute approximate surface area is 134 Å². The van der Waals surface area contributed by atoms with E-state index < -0.39 is 5.76 Å². The first-order valence-corrected chi connectivity index (χ1v) is 7.56. The van der Waals surface area contributed by atoms with Crippen molar-refractivity contribution in [2.75, 3.05) is 6.54 Å². The van der Waals surface area contributed by atoms with Crippen LogP contribution in [0, 0.1) is 0 Å². The molecule has 5 nitrogen and oxygen atoms in total. The minimum absolute atomic E-state index is 0.112. The van der Waals surface area contributed by atoms with E-state index in [-0.39, 0.29) is 5.91 Å². The van der Waals surface area contributed by atoms with E-state index in [9.17, 15) is 9.59 Å². The minimum atomic E-state index is -0.463. The number of fused-ring (bicyclic) bond motifs is 1. The van der Waals surface area contributed by atoms with Crippen LogP contribution < -0.4 is 11.1 Å². The van der Waals surface area contributed by atoms with Crippen molar-refractivity contribution in [1.82, 2.24) is 10.3 Å². The molecule has 1 aromatic heterocycles. The number of aromatic amines is 1. The quantitative estimate of drug-likeness (QED) is 0.751. The molecule has 0 unspecified atom stereocenters. The van der Waals surface area contributed by atoms with E-state index in [1.807, 2.05) is 24.3 Å². The topological polar surface area (TPSA) is 75.1 Å². The van der Waals surface area contributed by atoms with E-state index >= 15 is 0 Å². The van der Waals surface area contributed by atoms with Crippen molar-refractivity contribution >= 4 is 32.9 Å². The van der Waals surface area contributed by atoms with Gasteiger partial charge >= 0.3 is 5.76 Å². The van der Waals surface area contributed by atoms with Gasteiger partial charge in [-0.1, -0.05) is 28.1 Å². The van der Waals surface area contributed by atoms with Gasteiger partial charge in [-0.15, -0.1) is 0 Å². The van der Waals surface area contributed by atoms with Gasteiger partial charge in [0.1, 0.15) is 0 Å². The van der Waals surface area contributed by atoms with Gasteiger partial charge in [0.25, 0.3) is 5.91 Å². The van der Waals surface area contributed by atoms with Crippen LogP contribution in [0.25, 0.3) is 11.1 Å². The summed E-state index contributed by atoms with van der Waals surface area (Å²) in [6.07, 6.45) is 0.670. The first-order chi connectivity index (χ1) is 10.6. The molecular formula is C16H13BrN2O3. The molecule has 22 heavy (non-hydrogen) atoms. The molecule has 1 heterocycles. The van der Waals surface area contributed by atoms with Crippen molar-refractivity contribution in [2.45, 2.75) is 6.42 Å². The second kappa shape index (κ2) is 6.19. The average molecular weight is 361 g/mol. The second-order valence-corrected chi connectivity index (χ2v) is 5.78. The van der Waals surface area contributed by atoms with Crippen LogP contribution in [-0.4, -0.2) is 17.4 Å². The fourth-order valence-electron chi connectivity index (χ4n) is 2.21. The first kappa shape index (κ1) is 14.6. The van der Waals surface area contributed by atoms with Crippen LogP contribution in [0.3, 0.4) is 0 Å². The zero-order valence-corrected chi connectivity index (χ0v) is 13.1. The van der Waals surface area contributed by atoms with Crippen molar-refractivity contribution < 1.29 is 9.21 Å². The number of hydrogen-bond donors (Lipinski definition) is 2.